The Bertz CT molecular complexity index is 1620. The van der Waals surface area contributed by atoms with E-state index in [1.165, 1.54) is 57.8 Å². The number of nitrogens with one attached hydrogen (secondary N) is 2. The minimum absolute atomic E-state index is 0.203. The minimum atomic E-state index is -3.08. The second-order valence-electron chi connectivity index (χ2n) is 20.5. The second kappa shape index (κ2) is 35.9. The summed E-state index contributed by atoms with van der Waals surface area (Å²) in [5.74, 6) is -6.15. The molecule has 3 heterocycles. The average Bonchev–Trinajstić information content (AvgIpc) is 3.38. The van der Waals surface area contributed by atoms with Crippen molar-refractivity contribution in [3.05, 3.63) is 12.2 Å². The Hall–Kier alpha value is -2.53. The van der Waals surface area contributed by atoms with E-state index in [4.69, 9.17) is 28.4 Å². The van der Waals surface area contributed by atoms with Crippen molar-refractivity contribution in [1.82, 2.24) is 10.6 Å². The fourth-order valence-electron chi connectivity index (χ4n) is 9.71. The first kappa shape index (κ1) is 66.7. The maximum atomic E-state index is 13.2. The Morgan fingerprint density at radius 2 is 1.24 bits per heavy atom. The highest BCUT2D eigenvalue weighted by Gasteiger charge is 2.60. The molecule has 75 heavy (non-hydrogen) atoms. The van der Waals surface area contributed by atoms with Crippen LogP contribution in [0.15, 0.2) is 12.2 Å². The monoisotopic (exact) mass is 1080 g/mol. The van der Waals surface area contributed by atoms with E-state index in [1.54, 1.807) is 6.08 Å². The van der Waals surface area contributed by atoms with E-state index >= 15 is 0 Å². The Labute approximate surface area is 441 Å². The number of hydrogen-bond acceptors (Lipinski definition) is 20. The number of aliphatic hydroxyl groups is 11. The summed E-state index contributed by atoms with van der Waals surface area (Å²) in [6.07, 6.45) is -3.87. The van der Waals surface area contributed by atoms with Crippen molar-refractivity contribution < 1.29 is 104 Å². The van der Waals surface area contributed by atoms with Crippen molar-refractivity contribution in [3.8, 4) is 0 Å². The summed E-state index contributed by atoms with van der Waals surface area (Å²) >= 11 is 0. The van der Waals surface area contributed by atoms with Gasteiger partial charge in [-0.2, -0.15) is 0 Å². The quantitative estimate of drug-likeness (QED) is 0.0295. The van der Waals surface area contributed by atoms with E-state index in [1.807, 2.05) is 6.08 Å². The highest BCUT2D eigenvalue weighted by molar-refractivity contribution is 5.77. The molecule has 0 aromatic carbocycles. The van der Waals surface area contributed by atoms with Crippen LogP contribution in [0, 0.1) is 0 Å². The number of amides is 2. The third-order valence-corrected chi connectivity index (χ3v) is 14.2. The maximum absolute atomic E-state index is 13.2. The maximum Gasteiger partial charge on any atom is 0.364 e. The van der Waals surface area contributed by atoms with Crippen molar-refractivity contribution in [1.29, 1.82) is 0 Å². The molecule has 3 aliphatic rings. The van der Waals surface area contributed by atoms with Crippen molar-refractivity contribution >= 4 is 17.8 Å². The lowest BCUT2D eigenvalue weighted by molar-refractivity contribution is -0.386. The Kier molecular flexibility index (Phi) is 31.9. The van der Waals surface area contributed by atoms with E-state index in [2.05, 4.69) is 24.5 Å². The predicted octanol–water partition coefficient (Wildman–Crippen LogP) is 0.435. The molecule has 18 atom stereocenters. The van der Waals surface area contributed by atoms with Crippen LogP contribution in [0.3, 0.4) is 0 Å². The van der Waals surface area contributed by atoms with Gasteiger partial charge in [0, 0.05) is 19.8 Å². The molecule has 0 aromatic rings. The third-order valence-electron chi connectivity index (χ3n) is 14.2. The highest BCUT2D eigenvalue weighted by atomic mass is 16.8. The molecule has 3 saturated heterocycles. The number of carbonyl (C=O) groups excluding carboxylic acids is 2. The first-order valence-electron chi connectivity index (χ1n) is 27.6. The van der Waals surface area contributed by atoms with E-state index in [0.29, 0.717) is 12.8 Å². The molecule has 23 nitrogen and oxygen atoms in total. The van der Waals surface area contributed by atoms with Crippen LogP contribution in [0.2, 0.25) is 0 Å². The number of carboxylic acids is 1. The number of ether oxygens (including phenoxy) is 6. The zero-order valence-electron chi connectivity index (χ0n) is 44.4. The van der Waals surface area contributed by atoms with Crippen molar-refractivity contribution in [2.75, 3.05) is 26.4 Å². The summed E-state index contributed by atoms with van der Waals surface area (Å²) in [6.45, 7) is 2.02. The zero-order valence-corrected chi connectivity index (χ0v) is 44.4. The number of carbonyl (C=O) groups is 3. The second-order valence-corrected chi connectivity index (χ2v) is 20.5. The fraction of sp³-hybridized carbons (Fsp3) is 0.904. The third kappa shape index (κ3) is 21.6. The molecule has 2 amide bonds. The van der Waals surface area contributed by atoms with Crippen LogP contribution in [-0.4, -0.2) is 215 Å². The van der Waals surface area contributed by atoms with Crippen LogP contribution in [-0.2, 0) is 42.8 Å². The summed E-state index contributed by atoms with van der Waals surface area (Å²) in [4.78, 5) is 38.2. The number of allylic oxidation sites excluding steroid dienone is 1. The summed E-state index contributed by atoms with van der Waals surface area (Å²) in [7, 11) is 0. The molecule has 14 N–H and O–H groups in total. The molecule has 438 valence electrons. The van der Waals surface area contributed by atoms with Crippen LogP contribution < -0.4 is 10.6 Å². The molecular formula is C52H94N2O21. The van der Waals surface area contributed by atoms with Gasteiger partial charge in [-0.3, -0.25) is 9.59 Å². The SMILES string of the molecule is CCCCCCCCC/C=C/C(O)C(COC1OC(CO)C(OC2OC(CO)C(O)C(OC3(C(=O)O)CC(O)C(NC(C)=O)C(C(O)C(O)CO)O3)C2O)C(O)C1O)NC(=O)CCCCCCCCCCCCCC. The molecule has 3 aliphatic heterocycles. The molecule has 0 saturated carbocycles. The number of carboxylic acid groups (broad SMARTS) is 1. The number of aliphatic carboxylic acids is 1. The minimum Gasteiger partial charge on any atom is -0.477 e. The number of unbranched alkanes of at least 4 members (excludes halogenated alkanes) is 18. The molecular weight excluding hydrogens is 989 g/mol. The summed E-state index contributed by atoms with van der Waals surface area (Å²) < 4.78 is 34.5. The highest BCUT2D eigenvalue weighted by Crippen LogP contribution is 2.38. The molecule has 0 aromatic heterocycles. The topological polar surface area (TPSA) is 373 Å². The van der Waals surface area contributed by atoms with Gasteiger partial charge in [0.2, 0.25) is 11.8 Å². The van der Waals surface area contributed by atoms with Gasteiger partial charge in [0.25, 0.3) is 5.79 Å². The summed E-state index contributed by atoms with van der Waals surface area (Å²) in [5, 5.41) is 135. The molecule has 23 heteroatoms. The Balaban J connectivity index is 1.72. The van der Waals surface area contributed by atoms with Crippen LogP contribution in [0.1, 0.15) is 162 Å². The van der Waals surface area contributed by atoms with Crippen molar-refractivity contribution in [3.63, 3.8) is 0 Å². The smallest absolute Gasteiger partial charge is 0.364 e. The van der Waals surface area contributed by atoms with Gasteiger partial charge in [0.05, 0.1) is 50.7 Å². The van der Waals surface area contributed by atoms with Gasteiger partial charge in [-0.15, -0.1) is 0 Å². The number of hydrogen-bond donors (Lipinski definition) is 14. The number of aliphatic hydroxyl groups excluding tert-OH is 11. The average molecular weight is 1080 g/mol. The molecule has 18 unspecified atom stereocenters. The molecule has 0 radical (unpaired) electrons. The van der Waals surface area contributed by atoms with E-state index in [9.17, 15) is 75.7 Å². The van der Waals surface area contributed by atoms with Crippen molar-refractivity contribution in [2.24, 2.45) is 0 Å². The van der Waals surface area contributed by atoms with Crippen molar-refractivity contribution in [2.45, 2.75) is 272 Å². The standard InChI is InChI=1S/C52H94N2O21/c1-4-6-8-10-12-14-15-16-18-20-22-24-26-39(62)54-33(34(59)25-23-21-19-17-13-11-9-7-5-2)31-70-49-44(66)43(65)46(38(30-57)72-49)73-50-45(67)48(42(64)37(29-56)71-50)75-52(51(68)69)27-35(60)40(53-32(3)58)47(74-52)41(63)36(61)28-55/h23,25,33-38,40-50,55-57,59-61,63-67H,4-22,24,26-31H2,1-3H3,(H,53,58)(H,54,62)(H,68,69)/b25-23+. The van der Waals surface area contributed by atoms with E-state index < -0.39 is 155 Å². The molecule has 3 fully saturated rings. The predicted molar refractivity (Wildman–Crippen MR) is 269 cm³/mol. The number of rotatable bonds is 38. The summed E-state index contributed by atoms with van der Waals surface area (Å²) in [6, 6.07) is -2.61. The first-order chi connectivity index (χ1) is 35.9. The fourth-order valence-corrected chi connectivity index (χ4v) is 9.71. The Morgan fingerprint density at radius 3 is 1.77 bits per heavy atom. The first-order valence-corrected chi connectivity index (χ1v) is 27.6. The molecule has 0 bridgehead atoms. The van der Waals surface area contributed by atoms with Crippen LogP contribution in [0.4, 0.5) is 0 Å². The lowest BCUT2D eigenvalue weighted by atomic mass is 9.88. The van der Waals surface area contributed by atoms with Gasteiger partial charge < -0.3 is 100 Å². The molecule has 3 rings (SSSR count). The Morgan fingerprint density at radius 1 is 0.693 bits per heavy atom. The van der Waals surface area contributed by atoms with Crippen LogP contribution >= 0.6 is 0 Å². The molecule has 0 aliphatic carbocycles. The van der Waals surface area contributed by atoms with E-state index in [0.717, 1.165) is 64.7 Å². The van der Waals surface area contributed by atoms with Gasteiger partial charge in [0.1, 0.15) is 67.1 Å². The van der Waals surface area contributed by atoms with Gasteiger partial charge in [-0.1, -0.05) is 135 Å². The normalized spacial score (nSPS) is 31.9. The van der Waals surface area contributed by atoms with Crippen LogP contribution in [0.25, 0.3) is 0 Å². The molecule has 0 spiro atoms. The van der Waals surface area contributed by atoms with Gasteiger partial charge >= 0.3 is 5.97 Å². The lowest BCUT2D eigenvalue weighted by Gasteiger charge is -2.50. The van der Waals surface area contributed by atoms with Gasteiger partial charge in [0.15, 0.2) is 12.6 Å². The lowest BCUT2D eigenvalue weighted by Crippen LogP contribution is -2.70. The van der Waals surface area contributed by atoms with Gasteiger partial charge in [-0.25, -0.2) is 4.79 Å². The summed E-state index contributed by atoms with van der Waals surface area (Å²) in [5.41, 5.74) is 0. The zero-order chi connectivity index (χ0) is 55.5. The largest absolute Gasteiger partial charge is 0.477 e. The van der Waals surface area contributed by atoms with Gasteiger partial charge in [-0.05, 0) is 19.3 Å². The van der Waals surface area contributed by atoms with E-state index in [-0.39, 0.29) is 12.3 Å². The van der Waals surface area contributed by atoms with Crippen LogP contribution in [0.5, 0.6) is 0 Å².